The van der Waals surface area contributed by atoms with Gasteiger partial charge in [0.1, 0.15) is 17.2 Å². The second kappa shape index (κ2) is 10.5. The zero-order valence-electron chi connectivity index (χ0n) is 19.3. The van der Waals surface area contributed by atoms with Crippen molar-refractivity contribution in [3.05, 3.63) is 95.8 Å². The summed E-state index contributed by atoms with van der Waals surface area (Å²) in [6, 6.07) is 21.6. The smallest absolute Gasteiger partial charge is 0.408 e. The number of nitrogens with one attached hydrogen (secondary N) is 1. The minimum atomic E-state index is -3.87. The number of ether oxygens (including phenoxy) is 2. The van der Waals surface area contributed by atoms with Crippen LogP contribution in [0, 0.1) is 5.82 Å². The molecule has 1 N–H and O–H groups in total. The Morgan fingerprint density at radius 1 is 1.00 bits per heavy atom. The molecule has 7 nitrogen and oxygen atoms in total. The van der Waals surface area contributed by atoms with Crippen molar-refractivity contribution < 1.29 is 27.1 Å². The number of carbonyl (C=O) groups excluding carboxylic acids is 1. The van der Waals surface area contributed by atoms with E-state index in [1.165, 1.54) is 22.5 Å². The van der Waals surface area contributed by atoms with Crippen LogP contribution in [-0.4, -0.2) is 39.0 Å². The molecule has 0 saturated carbocycles. The van der Waals surface area contributed by atoms with Gasteiger partial charge in [-0.05, 0) is 41.5 Å². The topological polar surface area (TPSA) is 84.9 Å². The van der Waals surface area contributed by atoms with Crippen LogP contribution in [0.15, 0.2) is 83.8 Å². The van der Waals surface area contributed by atoms with Gasteiger partial charge in [0.25, 0.3) is 0 Å². The van der Waals surface area contributed by atoms with Gasteiger partial charge in [-0.3, -0.25) is 0 Å². The molecule has 4 rings (SSSR count). The summed E-state index contributed by atoms with van der Waals surface area (Å²) in [7, 11) is -2.28. The summed E-state index contributed by atoms with van der Waals surface area (Å²) >= 11 is 0. The van der Waals surface area contributed by atoms with E-state index in [2.05, 4.69) is 5.32 Å². The Morgan fingerprint density at radius 2 is 1.69 bits per heavy atom. The lowest BCUT2D eigenvalue weighted by molar-refractivity contribution is -0.0279. The van der Waals surface area contributed by atoms with E-state index in [0.717, 1.165) is 22.9 Å². The van der Waals surface area contributed by atoms with E-state index in [0.29, 0.717) is 0 Å². The first kappa shape index (κ1) is 24.7. The first-order valence-electron chi connectivity index (χ1n) is 11.2. The summed E-state index contributed by atoms with van der Waals surface area (Å²) < 4.78 is 52.1. The molecule has 0 aliphatic carbocycles. The molecular weight excluding hydrogens is 471 g/mol. The first-order chi connectivity index (χ1) is 16.8. The molecule has 1 aliphatic rings. The molecule has 184 valence electrons. The Morgan fingerprint density at radius 3 is 2.31 bits per heavy atom. The van der Waals surface area contributed by atoms with E-state index in [9.17, 15) is 17.6 Å². The number of amides is 1. The summed E-state index contributed by atoms with van der Waals surface area (Å²) in [4.78, 5) is 12.7. The SMILES string of the molecule is COc1ccc(CNC(=O)OC2(c3ccccc3)CCN(S(=O)(=O)c3cccc(F)c3)CC2)cc1. The van der Waals surface area contributed by atoms with Crippen molar-refractivity contribution in [2.24, 2.45) is 0 Å². The number of halogens is 1. The zero-order valence-corrected chi connectivity index (χ0v) is 20.1. The summed E-state index contributed by atoms with van der Waals surface area (Å²) in [5, 5.41) is 2.78. The molecule has 3 aromatic carbocycles. The molecule has 1 saturated heterocycles. The molecular formula is C26H27FN2O5S. The molecule has 9 heteroatoms. The molecule has 3 aromatic rings. The number of nitrogens with zero attached hydrogens (tertiary/aromatic N) is 1. The van der Waals surface area contributed by atoms with Crippen molar-refractivity contribution in [3.8, 4) is 5.75 Å². The maximum Gasteiger partial charge on any atom is 0.408 e. The zero-order chi connectivity index (χ0) is 24.9. The molecule has 1 fully saturated rings. The fourth-order valence-electron chi connectivity index (χ4n) is 4.19. The van der Waals surface area contributed by atoms with Gasteiger partial charge in [-0.2, -0.15) is 4.31 Å². The normalized spacial score (nSPS) is 15.8. The third-order valence-electron chi connectivity index (χ3n) is 6.15. The Bertz CT molecular complexity index is 1260. The van der Waals surface area contributed by atoms with E-state index in [-0.39, 0.29) is 37.4 Å². The van der Waals surface area contributed by atoms with E-state index in [1.807, 2.05) is 54.6 Å². The molecule has 1 heterocycles. The first-order valence-corrected chi connectivity index (χ1v) is 12.7. The Hall–Kier alpha value is -3.43. The average molecular weight is 499 g/mol. The molecule has 1 aliphatic heterocycles. The van der Waals surface area contributed by atoms with Crippen molar-refractivity contribution >= 4 is 16.1 Å². The quantitative estimate of drug-likeness (QED) is 0.521. The van der Waals surface area contributed by atoms with Crippen LogP contribution in [0.1, 0.15) is 24.0 Å². The van der Waals surface area contributed by atoms with Gasteiger partial charge >= 0.3 is 6.09 Å². The highest BCUT2D eigenvalue weighted by molar-refractivity contribution is 7.89. The minimum absolute atomic E-state index is 0.0946. The van der Waals surface area contributed by atoms with Crippen molar-refractivity contribution in [3.63, 3.8) is 0 Å². The number of hydrogen-bond donors (Lipinski definition) is 1. The van der Waals surface area contributed by atoms with Gasteiger partial charge in [0, 0.05) is 32.5 Å². The Labute approximate surface area is 204 Å². The van der Waals surface area contributed by atoms with Crippen molar-refractivity contribution in [2.75, 3.05) is 20.2 Å². The monoisotopic (exact) mass is 498 g/mol. The van der Waals surface area contributed by atoms with Crippen molar-refractivity contribution in [1.82, 2.24) is 9.62 Å². The fraction of sp³-hybridized carbons (Fsp3) is 0.269. The maximum atomic E-state index is 13.6. The van der Waals surface area contributed by atoms with Crippen LogP contribution in [0.25, 0.3) is 0 Å². The number of alkyl carbamates (subject to hydrolysis) is 1. The number of sulfonamides is 1. The Kier molecular flexibility index (Phi) is 7.37. The van der Waals surface area contributed by atoms with Crippen LogP contribution in [0.3, 0.4) is 0 Å². The standard InChI is InChI=1S/C26H27FN2O5S/c1-33-23-12-10-20(11-13-23)19-28-25(30)34-26(21-6-3-2-4-7-21)14-16-29(17-15-26)35(31,32)24-9-5-8-22(27)18-24/h2-13,18H,14-17,19H2,1H3,(H,28,30). The predicted molar refractivity (Wildman–Crippen MR) is 129 cm³/mol. The molecule has 35 heavy (non-hydrogen) atoms. The Balaban J connectivity index is 1.47. The van der Waals surface area contributed by atoms with E-state index >= 15 is 0 Å². The van der Waals surface area contributed by atoms with Gasteiger partial charge in [0.05, 0.1) is 12.0 Å². The highest BCUT2D eigenvalue weighted by Gasteiger charge is 2.43. The van der Waals surface area contributed by atoms with E-state index in [1.54, 1.807) is 7.11 Å². The van der Waals surface area contributed by atoms with Gasteiger partial charge < -0.3 is 14.8 Å². The van der Waals surface area contributed by atoms with Crippen LogP contribution < -0.4 is 10.1 Å². The highest BCUT2D eigenvalue weighted by atomic mass is 32.2. The fourth-order valence-corrected chi connectivity index (χ4v) is 5.66. The second-order valence-electron chi connectivity index (χ2n) is 8.31. The molecule has 1 amide bonds. The van der Waals surface area contributed by atoms with Crippen LogP contribution in [-0.2, 0) is 26.9 Å². The van der Waals surface area contributed by atoms with Crippen LogP contribution in [0.5, 0.6) is 5.75 Å². The number of hydrogen-bond acceptors (Lipinski definition) is 5. The van der Waals surface area contributed by atoms with Crippen LogP contribution in [0.2, 0.25) is 0 Å². The largest absolute Gasteiger partial charge is 0.497 e. The molecule has 0 bridgehead atoms. The summed E-state index contributed by atoms with van der Waals surface area (Å²) in [5.41, 5.74) is 0.689. The summed E-state index contributed by atoms with van der Waals surface area (Å²) in [6.07, 6.45) is -0.0608. The number of methoxy groups -OCH3 is 1. The predicted octanol–water partition coefficient (Wildman–Crippen LogP) is 4.44. The van der Waals surface area contributed by atoms with Gasteiger partial charge in [0.15, 0.2) is 0 Å². The molecule has 0 radical (unpaired) electrons. The molecule has 0 atom stereocenters. The second-order valence-corrected chi connectivity index (χ2v) is 10.3. The lowest BCUT2D eigenvalue weighted by Gasteiger charge is -2.41. The number of carbonyl (C=O) groups is 1. The third-order valence-corrected chi connectivity index (χ3v) is 8.04. The maximum absolute atomic E-state index is 13.6. The van der Waals surface area contributed by atoms with E-state index in [4.69, 9.17) is 9.47 Å². The van der Waals surface area contributed by atoms with Gasteiger partial charge in [-0.15, -0.1) is 0 Å². The van der Waals surface area contributed by atoms with Crippen molar-refractivity contribution in [1.29, 1.82) is 0 Å². The molecule has 0 unspecified atom stereocenters. The minimum Gasteiger partial charge on any atom is -0.497 e. The van der Waals surface area contributed by atoms with Crippen LogP contribution >= 0.6 is 0 Å². The lowest BCUT2D eigenvalue weighted by atomic mass is 9.85. The number of benzene rings is 3. The van der Waals surface area contributed by atoms with Gasteiger partial charge in [-0.1, -0.05) is 48.5 Å². The lowest BCUT2D eigenvalue weighted by Crippen LogP contribution is -2.48. The molecule has 0 aromatic heterocycles. The number of rotatable bonds is 7. The van der Waals surface area contributed by atoms with Gasteiger partial charge in [0.2, 0.25) is 10.0 Å². The summed E-state index contributed by atoms with van der Waals surface area (Å²) in [5.74, 6) is 0.109. The summed E-state index contributed by atoms with van der Waals surface area (Å²) in [6.45, 7) is 0.521. The number of piperidine rings is 1. The average Bonchev–Trinajstić information content (AvgIpc) is 2.88. The highest BCUT2D eigenvalue weighted by Crippen LogP contribution is 2.38. The molecule has 0 spiro atoms. The third kappa shape index (κ3) is 5.63. The van der Waals surface area contributed by atoms with Crippen LogP contribution in [0.4, 0.5) is 9.18 Å². The van der Waals surface area contributed by atoms with E-state index < -0.39 is 27.5 Å². The van der Waals surface area contributed by atoms with Crippen molar-refractivity contribution in [2.45, 2.75) is 29.9 Å². The van der Waals surface area contributed by atoms with Gasteiger partial charge in [-0.25, -0.2) is 17.6 Å².